The van der Waals surface area contributed by atoms with E-state index in [4.69, 9.17) is 9.47 Å². The number of carbonyl (C=O) groups excluding carboxylic acids is 2. The van der Waals surface area contributed by atoms with E-state index in [1.807, 2.05) is 0 Å². The molecule has 3 amide bonds. The molecule has 1 fully saturated rings. The lowest BCUT2D eigenvalue weighted by molar-refractivity contribution is -0.137. The molecule has 158 valence electrons. The van der Waals surface area contributed by atoms with Crippen molar-refractivity contribution in [2.45, 2.75) is 18.6 Å². The number of rotatable bonds is 3. The van der Waals surface area contributed by atoms with E-state index >= 15 is 0 Å². The number of hydrogen-bond acceptors (Lipinski definition) is 4. The Morgan fingerprint density at radius 1 is 1.07 bits per heavy atom. The van der Waals surface area contributed by atoms with Gasteiger partial charge >= 0.3 is 12.2 Å². The molecule has 0 aromatic heterocycles. The van der Waals surface area contributed by atoms with Crippen LogP contribution in [-0.2, 0) is 11.0 Å². The molecule has 7 nitrogen and oxygen atoms in total. The lowest BCUT2D eigenvalue weighted by Gasteiger charge is -2.22. The highest BCUT2D eigenvalue weighted by atomic mass is 19.4. The third-order valence-electron chi connectivity index (χ3n) is 4.75. The number of fused-ring (bicyclic) bond motifs is 1. The van der Waals surface area contributed by atoms with Gasteiger partial charge in [0.15, 0.2) is 11.5 Å². The molecule has 0 saturated carbocycles. The molecule has 0 spiro atoms. The zero-order valence-corrected chi connectivity index (χ0v) is 15.7. The number of nitrogens with one attached hydrogen (secondary N) is 2. The molecule has 10 heteroatoms. The third kappa shape index (κ3) is 4.27. The minimum atomic E-state index is -4.50. The van der Waals surface area contributed by atoms with Crippen molar-refractivity contribution in [1.82, 2.24) is 5.32 Å². The van der Waals surface area contributed by atoms with Crippen molar-refractivity contribution < 1.29 is 32.2 Å². The van der Waals surface area contributed by atoms with Gasteiger partial charge < -0.3 is 25.0 Å². The highest BCUT2D eigenvalue weighted by molar-refractivity contribution is 5.98. The molecule has 2 aromatic rings. The van der Waals surface area contributed by atoms with Crippen LogP contribution in [0.4, 0.5) is 29.3 Å². The second-order valence-electron chi connectivity index (χ2n) is 6.91. The van der Waals surface area contributed by atoms with E-state index in [1.165, 1.54) is 17.0 Å². The largest absolute Gasteiger partial charge is 0.486 e. The summed E-state index contributed by atoms with van der Waals surface area (Å²) in [5, 5.41) is 5.00. The number of alkyl halides is 3. The van der Waals surface area contributed by atoms with Crippen LogP contribution < -0.4 is 25.0 Å². The van der Waals surface area contributed by atoms with E-state index in [-0.39, 0.29) is 24.6 Å². The molecule has 0 unspecified atom stereocenters. The molecule has 1 saturated heterocycles. The number of amides is 3. The number of nitrogens with zero attached hydrogens (tertiary/aromatic N) is 1. The van der Waals surface area contributed by atoms with Gasteiger partial charge in [-0.25, -0.2) is 4.79 Å². The van der Waals surface area contributed by atoms with Gasteiger partial charge in [-0.3, -0.25) is 4.79 Å². The zero-order chi connectivity index (χ0) is 21.3. The number of urea groups is 1. The standard InChI is InChI=1S/C20H18F3N3O4/c21-20(22,23)12-2-1-3-13(8-12)24-19(28)25-14-9-18(27)26(11-14)15-4-5-16-17(10-15)30-7-6-29-16/h1-5,8,10,14H,6-7,9,11H2,(H2,24,25,28)/t14-/m1/s1. The minimum absolute atomic E-state index is 0.00957. The van der Waals surface area contributed by atoms with Crippen molar-refractivity contribution in [3.05, 3.63) is 48.0 Å². The maximum atomic E-state index is 12.8. The van der Waals surface area contributed by atoms with Gasteiger partial charge in [-0.2, -0.15) is 13.2 Å². The molecule has 0 bridgehead atoms. The van der Waals surface area contributed by atoms with Gasteiger partial charge in [0.05, 0.1) is 11.6 Å². The highest BCUT2D eigenvalue weighted by Crippen LogP contribution is 2.35. The van der Waals surface area contributed by atoms with Gasteiger partial charge in [-0.1, -0.05) is 6.07 Å². The highest BCUT2D eigenvalue weighted by Gasteiger charge is 2.33. The fourth-order valence-corrected chi connectivity index (χ4v) is 3.38. The summed E-state index contributed by atoms with van der Waals surface area (Å²) in [5.41, 5.74) is -0.233. The Morgan fingerprint density at radius 3 is 2.60 bits per heavy atom. The smallest absolute Gasteiger partial charge is 0.416 e. The number of benzene rings is 2. The Kier molecular flexibility index (Phi) is 5.15. The van der Waals surface area contributed by atoms with Crippen molar-refractivity contribution in [2.24, 2.45) is 0 Å². The molecule has 0 aliphatic carbocycles. The summed E-state index contributed by atoms with van der Waals surface area (Å²) in [6.07, 6.45) is -4.43. The van der Waals surface area contributed by atoms with Gasteiger partial charge in [-0.15, -0.1) is 0 Å². The second-order valence-corrected chi connectivity index (χ2v) is 6.91. The Balaban J connectivity index is 1.38. The van der Waals surface area contributed by atoms with E-state index in [0.717, 1.165) is 12.1 Å². The van der Waals surface area contributed by atoms with Gasteiger partial charge in [0.1, 0.15) is 13.2 Å². The molecule has 30 heavy (non-hydrogen) atoms. The first-order chi connectivity index (χ1) is 14.3. The number of halogens is 3. The van der Waals surface area contributed by atoms with Crippen LogP contribution >= 0.6 is 0 Å². The molecule has 2 heterocycles. The molecule has 1 atom stereocenters. The van der Waals surface area contributed by atoms with Crippen LogP contribution in [0.5, 0.6) is 11.5 Å². The van der Waals surface area contributed by atoms with Crippen LogP contribution in [0.3, 0.4) is 0 Å². The lowest BCUT2D eigenvalue weighted by Crippen LogP contribution is -2.39. The molecule has 0 radical (unpaired) electrons. The predicted octanol–water partition coefficient (Wildman–Crippen LogP) is 3.40. The van der Waals surface area contributed by atoms with E-state index < -0.39 is 23.8 Å². The topological polar surface area (TPSA) is 79.9 Å². The summed E-state index contributed by atoms with van der Waals surface area (Å²) in [7, 11) is 0. The van der Waals surface area contributed by atoms with Crippen molar-refractivity contribution >= 4 is 23.3 Å². The Labute approximate surface area is 169 Å². The van der Waals surface area contributed by atoms with Crippen LogP contribution in [-0.4, -0.2) is 37.7 Å². The van der Waals surface area contributed by atoms with Gasteiger partial charge in [-0.05, 0) is 30.3 Å². The lowest BCUT2D eigenvalue weighted by atomic mass is 10.2. The molecular weight excluding hydrogens is 403 g/mol. The van der Waals surface area contributed by atoms with Crippen LogP contribution in [0.25, 0.3) is 0 Å². The van der Waals surface area contributed by atoms with Crippen molar-refractivity contribution in [3.63, 3.8) is 0 Å². The fourth-order valence-electron chi connectivity index (χ4n) is 3.38. The van der Waals surface area contributed by atoms with Crippen molar-refractivity contribution in [1.29, 1.82) is 0 Å². The Hall–Kier alpha value is -3.43. The van der Waals surface area contributed by atoms with Crippen LogP contribution in [0.2, 0.25) is 0 Å². The van der Waals surface area contributed by atoms with E-state index in [1.54, 1.807) is 18.2 Å². The third-order valence-corrected chi connectivity index (χ3v) is 4.75. The minimum Gasteiger partial charge on any atom is -0.486 e. The molecule has 2 aromatic carbocycles. The van der Waals surface area contributed by atoms with Gasteiger partial charge in [0, 0.05) is 30.4 Å². The Morgan fingerprint density at radius 2 is 1.83 bits per heavy atom. The summed E-state index contributed by atoms with van der Waals surface area (Å²) in [5.74, 6) is 0.966. The van der Waals surface area contributed by atoms with Gasteiger partial charge in [0.2, 0.25) is 5.91 Å². The molecule has 4 rings (SSSR count). The van der Waals surface area contributed by atoms with E-state index in [2.05, 4.69) is 10.6 Å². The van der Waals surface area contributed by atoms with E-state index in [9.17, 15) is 22.8 Å². The van der Waals surface area contributed by atoms with Crippen LogP contribution in [0.1, 0.15) is 12.0 Å². The summed E-state index contributed by atoms with van der Waals surface area (Å²) in [6, 6.07) is 8.32. The normalized spacial score (nSPS) is 18.3. The van der Waals surface area contributed by atoms with Gasteiger partial charge in [0.25, 0.3) is 0 Å². The molecule has 2 aliphatic rings. The maximum absolute atomic E-state index is 12.8. The second kappa shape index (κ2) is 7.77. The summed E-state index contributed by atoms with van der Waals surface area (Å²) in [4.78, 5) is 26.1. The first-order valence-electron chi connectivity index (χ1n) is 9.24. The summed E-state index contributed by atoms with van der Waals surface area (Å²) in [6.45, 7) is 1.11. The first-order valence-corrected chi connectivity index (χ1v) is 9.24. The molecule has 2 N–H and O–H groups in total. The van der Waals surface area contributed by atoms with Crippen LogP contribution in [0.15, 0.2) is 42.5 Å². The molecular formula is C20H18F3N3O4. The molecule has 2 aliphatic heterocycles. The monoisotopic (exact) mass is 421 g/mol. The summed E-state index contributed by atoms with van der Waals surface area (Å²) >= 11 is 0. The Bertz CT molecular complexity index is 980. The number of anilines is 2. The number of hydrogen-bond donors (Lipinski definition) is 2. The van der Waals surface area contributed by atoms with E-state index in [0.29, 0.717) is 30.4 Å². The maximum Gasteiger partial charge on any atom is 0.416 e. The zero-order valence-electron chi connectivity index (χ0n) is 15.7. The first kappa shape index (κ1) is 19.9. The van der Waals surface area contributed by atoms with Crippen molar-refractivity contribution in [2.75, 3.05) is 30.0 Å². The number of carbonyl (C=O) groups is 2. The summed E-state index contributed by atoms with van der Waals surface area (Å²) < 4.78 is 49.4. The fraction of sp³-hybridized carbons (Fsp3) is 0.300. The van der Waals surface area contributed by atoms with Crippen molar-refractivity contribution in [3.8, 4) is 11.5 Å². The quantitative estimate of drug-likeness (QED) is 0.796. The number of ether oxygens (including phenoxy) is 2. The SMILES string of the molecule is O=C(Nc1cccc(C(F)(F)F)c1)N[C@@H]1CC(=O)N(c2ccc3c(c2)OCCO3)C1. The predicted molar refractivity (Wildman–Crippen MR) is 102 cm³/mol. The van der Waals surface area contributed by atoms with Crippen LogP contribution in [0, 0.1) is 0 Å². The average Bonchev–Trinajstić information content (AvgIpc) is 3.07. The average molecular weight is 421 g/mol.